The number of halogens is 2. The molecule has 1 saturated heterocycles. The monoisotopic (exact) mass is 298 g/mol. The second kappa shape index (κ2) is 6.42. The molecule has 0 spiro atoms. The first kappa shape index (κ1) is 15.7. The Morgan fingerprint density at radius 3 is 2.90 bits per heavy atom. The van der Waals surface area contributed by atoms with Crippen LogP contribution in [0, 0.1) is 5.82 Å². The molecule has 0 aromatic heterocycles. The Morgan fingerprint density at radius 2 is 2.25 bits per heavy atom. The molecule has 0 radical (unpaired) electrons. The number of hydrogen-bond acceptors (Lipinski definition) is 2. The molecule has 1 aliphatic heterocycles. The Hall–Kier alpha value is -0.640. The maximum atomic E-state index is 13.6. The standard InChI is InChI=1S/C16H24ClFN2/c1-4-16(3)11-20(12(2)7-8-19-16)10-13-5-6-14(17)15(18)9-13/h5-6,9,12,19H,4,7-8,10-11H2,1-3H3. The van der Waals surface area contributed by atoms with Gasteiger partial charge in [0.2, 0.25) is 0 Å². The number of benzene rings is 1. The van der Waals surface area contributed by atoms with E-state index in [1.807, 2.05) is 6.07 Å². The third-order valence-electron chi connectivity index (χ3n) is 4.44. The van der Waals surface area contributed by atoms with Gasteiger partial charge in [-0.1, -0.05) is 24.6 Å². The van der Waals surface area contributed by atoms with Crippen LogP contribution in [0.5, 0.6) is 0 Å². The lowest BCUT2D eigenvalue weighted by Gasteiger charge is -2.35. The molecule has 0 aliphatic carbocycles. The lowest BCUT2D eigenvalue weighted by Crippen LogP contribution is -2.49. The number of nitrogens with zero attached hydrogens (tertiary/aromatic N) is 1. The highest BCUT2D eigenvalue weighted by atomic mass is 35.5. The molecule has 1 aromatic carbocycles. The van der Waals surface area contributed by atoms with Crippen LogP contribution in [0.2, 0.25) is 5.02 Å². The molecule has 0 bridgehead atoms. The molecule has 0 amide bonds. The first-order valence-electron chi connectivity index (χ1n) is 7.36. The summed E-state index contributed by atoms with van der Waals surface area (Å²) in [6, 6.07) is 5.61. The molecule has 1 heterocycles. The van der Waals surface area contributed by atoms with Crippen LogP contribution in [0.15, 0.2) is 18.2 Å². The summed E-state index contributed by atoms with van der Waals surface area (Å²) < 4.78 is 13.6. The molecule has 1 fully saturated rings. The molecule has 4 heteroatoms. The van der Waals surface area contributed by atoms with Crippen molar-refractivity contribution in [3.05, 3.63) is 34.6 Å². The topological polar surface area (TPSA) is 15.3 Å². The third kappa shape index (κ3) is 3.72. The Labute approximate surface area is 126 Å². The molecule has 0 saturated carbocycles. The summed E-state index contributed by atoms with van der Waals surface area (Å²) >= 11 is 5.75. The van der Waals surface area contributed by atoms with Crippen molar-refractivity contribution in [1.29, 1.82) is 0 Å². The van der Waals surface area contributed by atoms with Gasteiger partial charge in [0.05, 0.1) is 5.02 Å². The summed E-state index contributed by atoms with van der Waals surface area (Å²) in [7, 11) is 0. The van der Waals surface area contributed by atoms with Gasteiger partial charge in [0.1, 0.15) is 5.82 Å². The highest BCUT2D eigenvalue weighted by Crippen LogP contribution is 2.22. The van der Waals surface area contributed by atoms with Gasteiger partial charge >= 0.3 is 0 Å². The van der Waals surface area contributed by atoms with Gasteiger partial charge in [-0.05, 0) is 50.9 Å². The molecule has 1 N–H and O–H groups in total. The van der Waals surface area contributed by atoms with Crippen LogP contribution < -0.4 is 5.32 Å². The summed E-state index contributed by atoms with van der Waals surface area (Å²) in [5, 5.41) is 3.83. The molecule has 2 nitrogen and oxygen atoms in total. The molecule has 20 heavy (non-hydrogen) atoms. The van der Waals surface area contributed by atoms with E-state index < -0.39 is 0 Å². The number of nitrogens with one attached hydrogen (secondary N) is 1. The van der Waals surface area contributed by atoms with Crippen LogP contribution in [0.25, 0.3) is 0 Å². The van der Waals surface area contributed by atoms with Crippen molar-refractivity contribution >= 4 is 11.6 Å². The minimum absolute atomic E-state index is 0.135. The van der Waals surface area contributed by atoms with E-state index in [1.165, 1.54) is 0 Å². The second-order valence-corrected chi connectivity index (χ2v) is 6.54. The van der Waals surface area contributed by atoms with Crippen LogP contribution >= 0.6 is 11.6 Å². The maximum absolute atomic E-state index is 13.6. The highest BCUT2D eigenvalue weighted by Gasteiger charge is 2.30. The molecule has 2 rings (SSSR count). The fourth-order valence-corrected chi connectivity index (χ4v) is 2.86. The van der Waals surface area contributed by atoms with Crippen molar-refractivity contribution in [3.63, 3.8) is 0 Å². The molecule has 2 unspecified atom stereocenters. The summed E-state index contributed by atoms with van der Waals surface area (Å²) in [6.07, 6.45) is 2.21. The maximum Gasteiger partial charge on any atom is 0.142 e. The largest absolute Gasteiger partial charge is 0.310 e. The predicted molar refractivity (Wildman–Crippen MR) is 82.6 cm³/mol. The average Bonchev–Trinajstić information content (AvgIpc) is 2.55. The Bertz CT molecular complexity index is 466. The van der Waals surface area contributed by atoms with E-state index in [-0.39, 0.29) is 16.4 Å². The quantitative estimate of drug-likeness (QED) is 0.912. The van der Waals surface area contributed by atoms with Crippen LogP contribution in [0.3, 0.4) is 0 Å². The van der Waals surface area contributed by atoms with Crippen molar-refractivity contribution in [2.45, 2.75) is 51.7 Å². The fraction of sp³-hybridized carbons (Fsp3) is 0.625. The molecular formula is C16H24ClFN2. The summed E-state index contributed by atoms with van der Waals surface area (Å²) in [6.45, 7) is 9.51. The number of hydrogen-bond donors (Lipinski definition) is 1. The van der Waals surface area contributed by atoms with Gasteiger partial charge in [0.25, 0.3) is 0 Å². The highest BCUT2D eigenvalue weighted by molar-refractivity contribution is 6.30. The summed E-state index contributed by atoms with van der Waals surface area (Å²) in [5.74, 6) is -0.331. The van der Waals surface area contributed by atoms with Gasteiger partial charge in [-0.25, -0.2) is 4.39 Å². The van der Waals surface area contributed by atoms with E-state index in [2.05, 4.69) is 31.0 Å². The SMILES string of the molecule is CCC1(C)CN(Cc2ccc(Cl)c(F)c2)C(C)CCN1. The summed E-state index contributed by atoms with van der Waals surface area (Å²) in [5.41, 5.74) is 1.12. The minimum atomic E-state index is -0.331. The zero-order chi connectivity index (χ0) is 14.8. The van der Waals surface area contributed by atoms with Crippen LogP contribution in [0.1, 0.15) is 39.2 Å². The van der Waals surface area contributed by atoms with Gasteiger partial charge in [-0.15, -0.1) is 0 Å². The minimum Gasteiger partial charge on any atom is -0.310 e. The third-order valence-corrected chi connectivity index (χ3v) is 4.75. The fourth-order valence-electron chi connectivity index (χ4n) is 2.75. The van der Waals surface area contributed by atoms with Crippen molar-refractivity contribution in [1.82, 2.24) is 10.2 Å². The number of rotatable bonds is 3. The lowest BCUT2D eigenvalue weighted by molar-refractivity contribution is 0.163. The van der Waals surface area contributed by atoms with E-state index in [0.717, 1.165) is 38.0 Å². The first-order valence-corrected chi connectivity index (χ1v) is 7.74. The van der Waals surface area contributed by atoms with Crippen molar-refractivity contribution in [3.8, 4) is 0 Å². The van der Waals surface area contributed by atoms with Crippen molar-refractivity contribution in [2.75, 3.05) is 13.1 Å². The van der Waals surface area contributed by atoms with Gasteiger partial charge in [-0.3, -0.25) is 4.90 Å². The average molecular weight is 299 g/mol. The Kier molecular flexibility index (Phi) is 5.05. The van der Waals surface area contributed by atoms with Crippen LogP contribution in [-0.4, -0.2) is 29.6 Å². The van der Waals surface area contributed by atoms with Gasteiger partial charge < -0.3 is 5.32 Å². The van der Waals surface area contributed by atoms with Gasteiger partial charge in [0.15, 0.2) is 0 Å². The van der Waals surface area contributed by atoms with E-state index in [9.17, 15) is 4.39 Å². The zero-order valence-corrected chi connectivity index (χ0v) is 13.3. The van der Waals surface area contributed by atoms with Crippen molar-refractivity contribution in [2.24, 2.45) is 0 Å². The Morgan fingerprint density at radius 1 is 1.50 bits per heavy atom. The van der Waals surface area contributed by atoms with Crippen LogP contribution in [0.4, 0.5) is 4.39 Å². The molecule has 1 aliphatic rings. The Balaban J connectivity index is 2.14. The van der Waals surface area contributed by atoms with E-state index >= 15 is 0 Å². The van der Waals surface area contributed by atoms with Crippen LogP contribution in [-0.2, 0) is 6.54 Å². The normalized spacial score (nSPS) is 28.4. The smallest absolute Gasteiger partial charge is 0.142 e. The molecular weight excluding hydrogens is 275 g/mol. The predicted octanol–water partition coefficient (Wildman–Crippen LogP) is 3.83. The zero-order valence-electron chi connectivity index (χ0n) is 12.5. The summed E-state index contributed by atoms with van der Waals surface area (Å²) in [4.78, 5) is 2.44. The van der Waals surface area contributed by atoms with E-state index in [4.69, 9.17) is 11.6 Å². The van der Waals surface area contributed by atoms with Gasteiger partial charge in [-0.2, -0.15) is 0 Å². The van der Waals surface area contributed by atoms with E-state index in [0.29, 0.717) is 6.04 Å². The second-order valence-electron chi connectivity index (χ2n) is 6.13. The van der Waals surface area contributed by atoms with Gasteiger partial charge in [0, 0.05) is 24.7 Å². The van der Waals surface area contributed by atoms with E-state index in [1.54, 1.807) is 12.1 Å². The first-order chi connectivity index (χ1) is 9.43. The molecule has 112 valence electrons. The molecule has 2 atom stereocenters. The molecule has 1 aromatic rings. The lowest BCUT2D eigenvalue weighted by atomic mass is 9.98. The van der Waals surface area contributed by atoms with Crippen molar-refractivity contribution < 1.29 is 4.39 Å².